The number of hydrogen-bond donors (Lipinski definition) is 0. The molecule has 0 aromatic heterocycles. The molecular formula is C29H37NO16. The van der Waals surface area contributed by atoms with E-state index in [2.05, 4.69) is 18.9 Å². The lowest BCUT2D eigenvalue weighted by atomic mass is 10.1. The molecule has 17 heteroatoms. The maximum Gasteiger partial charge on any atom is 0.309 e. The molecule has 0 saturated carbocycles. The highest BCUT2D eigenvalue weighted by molar-refractivity contribution is 5.71. The number of esters is 4. The van der Waals surface area contributed by atoms with Crippen molar-refractivity contribution in [3.8, 4) is 0 Å². The second-order valence-corrected chi connectivity index (χ2v) is 9.20. The average Bonchev–Trinajstić information content (AvgIpc) is 3.02. The fourth-order valence-corrected chi connectivity index (χ4v) is 3.62. The van der Waals surface area contributed by atoms with Crippen LogP contribution in [0.3, 0.4) is 0 Å². The standard InChI is InChI=1S/C29H37NO16/c1-22-3-2-4-23(13-22)30(14-24(45-28(37)7-11-41-20-33)16-43-26(35)5-9-39-18-31)15-25(46-29(38)8-12-42-21-34)17-44-27(36)6-10-40-19-32/h2-4,13,18-21,24-25H,5-12,14-17H2,1H3. The van der Waals surface area contributed by atoms with E-state index in [9.17, 15) is 38.4 Å². The third kappa shape index (κ3) is 18.4. The molecule has 0 fully saturated rings. The number of benzene rings is 1. The van der Waals surface area contributed by atoms with Crippen molar-refractivity contribution in [1.29, 1.82) is 0 Å². The number of rotatable bonds is 27. The Hall–Kier alpha value is -5.22. The molecule has 0 radical (unpaired) electrons. The zero-order valence-electron chi connectivity index (χ0n) is 25.2. The van der Waals surface area contributed by atoms with Crippen molar-refractivity contribution in [3.05, 3.63) is 29.8 Å². The molecule has 0 aliphatic heterocycles. The van der Waals surface area contributed by atoms with Crippen LogP contribution in [0.15, 0.2) is 24.3 Å². The van der Waals surface area contributed by atoms with E-state index < -0.39 is 49.3 Å². The predicted octanol–water partition coefficient (Wildman–Crippen LogP) is -0.0362. The van der Waals surface area contributed by atoms with Gasteiger partial charge in [-0.25, -0.2) is 0 Å². The number of hydrogen-bond acceptors (Lipinski definition) is 17. The molecule has 254 valence electrons. The Bertz CT molecular complexity index is 1060. The molecule has 0 bridgehead atoms. The normalized spacial score (nSPS) is 11.4. The smallest absolute Gasteiger partial charge is 0.309 e. The number of carbonyl (C=O) groups excluding carboxylic acids is 8. The summed E-state index contributed by atoms with van der Waals surface area (Å²) in [4.78, 5) is 92.6. The van der Waals surface area contributed by atoms with Crippen molar-refractivity contribution in [2.75, 3.05) is 57.6 Å². The highest BCUT2D eigenvalue weighted by atomic mass is 16.6. The van der Waals surface area contributed by atoms with Gasteiger partial charge in [0.15, 0.2) is 12.2 Å². The van der Waals surface area contributed by atoms with Crippen LogP contribution in [0.25, 0.3) is 0 Å². The van der Waals surface area contributed by atoms with Gasteiger partial charge in [-0.3, -0.25) is 38.4 Å². The highest BCUT2D eigenvalue weighted by Crippen LogP contribution is 2.19. The van der Waals surface area contributed by atoms with Gasteiger partial charge in [0, 0.05) is 5.69 Å². The lowest BCUT2D eigenvalue weighted by Gasteiger charge is -2.32. The Morgan fingerprint density at radius 1 is 0.630 bits per heavy atom. The van der Waals surface area contributed by atoms with Crippen LogP contribution in [-0.4, -0.2) is 115 Å². The van der Waals surface area contributed by atoms with Gasteiger partial charge in [0.05, 0.1) is 38.8 Å². The van der Waals surface area contributed by atoms with Crippen LogP contribution in [0.4, 0.5) is 5.69 Å². The van der Waals surface area contributed by atoms with E-state index in [1.54, 1.807) is 23.1 Å². The van der Waals surface area contributed by atoms with Crippen molar-refractivity contribution in [1.82, 2.24) is 0 Å². The Balaban J connectivity index is 3.24. The van der Waals surface area contributed by atoms with Gasteiger partial charge in [0.25, 0.3) is 25.9 Å². The molecule has 0 N–H and O–H groups in total. The molecule has 2 unspecified atom stereocenters. The van der Waals surface area contributed by atoms with E-state index in [0.29, 0.717) is 5.69 Å². The van der Waals surface area contributed by atoms with Crippen LogP contribution in [0.5, 0.6) is 0 Å². The first-order valence-electron chi connectivity index (χ1n) is 13.9. The predicted molar refractivity (Wildman–Crippen MR) is 152 cm³/mol. The zero-order chi connectivity index (χ0) is 34.0. The molecule has 1 rings (SSSR count). The van der Waals surface area contributed by atoms with Crippen LogP contribution >= 0.6 is 0 Å². The third-order valence-corrected chi connectivity index (χ3v) is 5.64. The minimum Gasteiger partial charge on any atom is -0.467 e. The monoisotopic (exact) mass is 655 g/mol. The Morgan fingerprint density at radius 2 is 1.02 bits per heavy atom. The molecule has 0 aliphatic carbocycles. The number of carbonyl (C=O) groups is 8. The molecule has 17 nitrogen and oxygen atoms in total. The topological polar surface area (TPSA) is 214 Å². The van der Waals surface area contributed by atoms with Gasteiger partial charge in [-0.15, -0.1) is 0 Å². The minimum absolute atomic E-state index is 0.134. The van der Waals surface area contributed by atoms with Gasteiger partial charge in [0.1, 0.15) is 39.6 Å². The molecule has 0 amide bonds. The Labute approximate surface area is 264 Å². The molecule has 0 heterocycles. The number of anilines is 1. The van der Waals surface area contributed by atoms with Crippen LogP contribution in [0.2, 0.25) is 0 Å². The molecule has 1 aromatic carbocycles. The summed E-state index contributed by atoms with van der Waals surface area (Å²) < 4.78 is 39.6. The second kappa shape index (κ2) is 24.1. The van der Waals surface area contributed by atoms with E-state index in [-0.39, 0.29) is 91.1 Å². The third-order valence-electron chi connectivity index (χ3n) is 5.64. The molecule has 0 aliphatic rings. The first-order valence-corrected chi connectivity index (χ1v) is 13.9. The van der Waals surface area contributed by atoms with Gasteiger partial charge in [-0.1, -0.05) is 12.1 Å². The van der Waals surface area contributed by atoms with E-state index in [0.717, 1.165) is 5.56 Å². The van der Waals surface area contributed by atoms with Crippen molar-refractivity contribution in [2.45, 2.75) is 44.8 Å². The first-order chi connectivity index (χ1) is 22.2. The van der Waals surface area contributed by atoms with Gasteiger partial charge < -0.3 is 42.8 Å². The SMILES string of the molecule is Cc1cccc(N(CC(COC(=O)CCOC=O)OC(=O)CCOC=O)CC(COC(=O)CCOC=O)OC(=O)CCOC=O)c1. The van der Waals surface area contributed by atoms with Crippen LogP contribution in [0.1, 0.15) is 31.2 Å². The zero-order valence-corrected chi connectivity index (χ0v) is 25.2. The summed E-state index contributed by atoms with van der Waals surface area (Å²) in [6.45, 7) is 0.421. The summed E-state index contributed by atoms with van der Waals surface area (Å²) in [6, 6.07) is 7.06. The first kappa shape index (κ1) is 38.8. The van der Waals surface area contributed by atoms with Crippen molar-refractivity contribution >= 4 is 55.5 Å². The van der Waals surface area contributed by atoms with Crippen molar-refractivity contribution < 1.29 is 76.3 Å². The van der Waals surface area contributed by atoms with Gasteiger partial charge >= 0.3 is 23.9 Å². The number of aryl methyl sites for hydroxylation is 1. The molecule has 0 spiro atoms. The quantitative estimate of drug-likeness (QED) is 0.0526. The van der Waals surface area contributed by atoms with Crippen molar-refractivity contribution in [2.24, 2.45) is 0 Å². The van der Waals surface area contributed by atoms with E-state index in [1.807, 2.05) is 13.0 Å². The van der Waals surface area contributed by atoms with Crippen LogP contribution < -0.4 is 4.90 Å². The Kier molecular flexibility index (Phi) is 20.4. The van der Waals surface area contributed by atoms with E-state index in [1.165, 1.54) is 0 Å². The maximum atomic E-state index is 12.5. The maximum absolute atomic E-state index is 12.5. The fourth-order valence-electron chi connectivity index (χ4n) is 3.62. The largest absolute Gasteiger partial charge is 0.467 e. The van der Waals surface area contributed by atoms with Gasteiger partial charge in [-0.05, 0) is 24.6 Å². The van der Waals surface area contributed by atoms with Crippen LogP contribution in [-0.2, 0) is 76.3 Å². The summed E-state index contributed by atoms with van der Waals surface area (Å²) in [5, 5.41) is 0. The average molecular weight is 656 g/mol. The van der Waals surface area contributed by atoms with Gasteiger partial charge in [-0.2, -0.15) is 0 Å². The van der Waals surface area contributed by atoms with E-state index in [4.69, 9.17) is 18.9 Å². The molecular weight excluding hydrogens is 618 g/mol. The highest BCUT2D eigenvalue weighted by Gasteiger charge is 2.26. The molecule has 46 heavy (non-hydrogen) atoms. The minimum atomic E-state index is -1.11. The number of nitrogens with zero attached hydrogens (tertiary/aromatic N) is 1. The molecule has 2 atom stereocenters. The Morgan fingerprint density at radius 3 is 1.39 bits per heavy atom. The van der Waals surface area contributed by atoms with Gasteiger partial charge in [0.2, 0.25) is 0 Å². The summed E-state index contributed by atoms with van der Waals surface area (Å²) in [5.74, 6) is -3.05. The molecule has 1 aromatic rings. The summed E-state index contributed by atoms with van der Waals surface area (Å²) >= 11 is 0. The summed E-state index contributed by atoms with van der Waals surface area (Å²) in [5.41, 5.74) is 1.40. The number of ether oxygens (including phenoxy) is 8. The van der Waals surface area contributed by atoms with E-state index >= 15 is 0 Å². The summed E-state index contributed by atoms with van der Waals surface area (Å²) in [7, 11) is 0. The molecule has 0 saturated heterocycles. The fraction of sp³-hybridized carbons (Fsp3) is 0.517. The second-order valence-electron chi connectivity index (χ2n) is 9.20. The lowest BCUT2D eigenvalue weighted by Crippen LogP contribution is -2.44. The summed E-state index contributed by atoms with van der Waals surface area (Å²) in [6.07, 6.45) is -3.34. The lowest BCUT2D eigenvalue weighted by molar-refractivity contribution is -0.161. The van der Waals surface area contributed by atoms with Crippen LogP contribution in [0, 0.1) is 6.92 Å². The van der Waals surface area contributed by atoms with Crippen molar-refractivity contribution in [3.63, 3.8) is 0 Å².